The van der Waals surface area contributed by atoms with E-state index >= 15 is 0 Å². The fourth-order valence-corrected chi connectivity index (χ4v) is 1.62. The monoisotopic (exact) mass is 141 g/mol. The molecular weight excluding hydrogens is 126 g/mol. The van der Waals surface area contributed by atoms with E-state index in [-0.39, 0.29) is 5.41 Å². The zero-order valence-electron chi connectivity index (χ0n) is 6.76. The van der Waals surface area contributed by atoms with Crippen LogP contribution >= 0.6 is 0 Å². The smallest absolute Gasteiger partial charge is 0.127 e. The molecule has 0 bridgehead atoms. The summed E-state index contributed by atoms with van der Waals surface area (Å²) in [6.07, 6.45) is 3.31. The molecule has 0 aromatic carbocycles. The van der Waals surface area contributed by atoms with Crippen molar-refractivity contribution in [3.8, 4) is 0 Å². The van der Waals surface area contributed by atoms with E-state index in [2.05, 4.69) is 11.9 Å². The maximum Gasteiger partial charge on any atom is 0.127 e. The second kappa shape index (κ2) is 2.70. The number of nitrogens with zero attached hydrogens (tertiary/aromatic N) is 1. The first-order valence-corrected chi connectivity index (χ1v) is 3.81. The quantitative estimate of drug-likeness (QED) is 0.506. The molecule has 58 valence electrons. The van der Waals surface area contributed by atoms with E-state index in [1.807, 2.05) is 6.92 Å². The van der Waals surface area contributed by atoms with E-state index in [1.54, 1.807) is 0 Å². The number of carbonyl (C=O) groups excluding carboxylic acids is 1. The molecule has 0 saturated carbocycles. The van der Waals surface area contributed by atoms with Gasteiger partial charge in [-0.05, 0) is 26.4 Å². The SMILES string of the molecule is CN1CCCC(C)(C=O)C1. The highest BCUT2D eigenvalue weighted by Gasteiger charge is 2.28. The first-order valence-electron chi connectivity index (χ1n) is 3.81. The summed E-state index contributed by atoms with van der Waals surface area (Å²) in [6, 6.07) is 0. The molecule has 1 aliphatic rings. The minimum absolute atomic E-state index is 0.0625. The molecule has 0 aliphatic carbocycles. The molecule has 0 aromatic rings. The van der Waals surface area contributed by atoms with Crippen LogP contribution in [0.3, 0.4) is 0 Å². The highest BCUT2D eigenvalue weighted by Crippen LogP contribution is 2.25. The first kappa shape index (κ1) is 7.73. The lowest BCUT2D eigenvalue weighted by atomic mass is 9.84. The molecule has 10 heavy (non-hydrogen) atoms. The van der Waals surface area contributed by atoms with Crippen LogP contribution in [0.4, 0.5) is 0 Å². The van der Waals surface area contributed by atoms with E-state index < -0.39 is 0 Å². The first-order chi connectivity index (χ1) is 4.66. The Morgan fingerprint density at radius 3 is 2.70 bits per heavy atom. The Hall–Kier alpha value is -0.370. The lowest BCUT2D eigenvalue weighted by Crippen LogP contribution is -2.40. The molecule has 1 heterocycles. The van der Waals surface area contributed by atoms with Crippen LogP contribution in [0.1, 0.15) is 19.8 Å². The third-order valence-corrected chi connectivity index (χ3v) is 2.20. The number of carbonyl (C=O) groups is 1. The summed E-state index contributed by atoms with van der Waals surface area (Å²) < 4.78 is 0. The minimum atomic E-state index is -0.0625. The summed E-state index contributed by atoms with van der Waals surface area (Å²) in [5.41, 5.74) is -0.0625. The van der Waals surface area contributed by atoms with Crippen LogP contribution in [-0.2, 0) is 4.79 Å². The van der Waals surface area contributed by atoms with Gasteiger partial charge in [0, 0.05) is 12.0 Å². The maximum atomic E-state index is 10.6. The van der Waals surface area contributed by atoms with Crippen LogP contribution in [0.2, 0.25) is 0 Å². The summed E-state index contributed by atoms with van der Waals surface area (Å²) >= 11 is 0. The van der Waals surface area contributed by atoms with Gasteiger partial charge < -0.3 is 9.69 Å². The normalized spacial score (nSPS) is 35.8. The van der Waals surface area contributed by atoms with Crippen molar-refractivity contribution in [3.63, 3.8) is 0 Å². The van der Waals surface area contributed by atoms with Gasteiger partial charge in [0.25, 0.3) is 0 Å². The van der Waals surface area contributed by atoms with Crippen molar-refractivity contribution in [2.45, 2.75) is 19.8 Å². The number of aldehydes is 1. The van der Waals surface area contributed by atoms with Gasteiger partial charge in [0.2, 0.25) is 0 Å². The summed E-state index contributed by atoms with van der Waals surface area (Å²) in [5, 5.41) is 0. The van der Waals surface area contributed by atoms with Crippen molar-refractivity contribution in [1.29, 1.82) is 0 Å². The molecule has 0 amide bonds. The molecule has 2 heteroatoms. The zero-order chi connectivity index (χ0) is 7.61. The van der Waals surface area contributed by atoms with Gasteiger partial charge in [-0.1, -0.05) is 6.92 Å². The molecule has 1 rings (SSSR count). The Balaban J connectivity index is 2.53. The summed E-state index contributed by atoms with van der Waals surface area (Å²) in [6.45, 7) is 4.11. The van der Waals surface area contributed by atoms with Crippen molar-refractivity contribution in [1.82, 2.24) is 4.90 Å². The molecule has 1 fully saturated rings. The molecule has 0 radical (unpaired) electrons. The van der Waals surface area contributed by atoms with E-state index in [0.29, 0.717) is 0 Å². The largest absolute Gasteiger partial charge is 0.305 e. The van der Waals surface area contributed by atoms with Gasteiger partial charge in [-0.25, -0.2) is 0 Å². The molecule has 1 unspecified atom stereocenters. The van der Waals surface area contributed by atoms with Crippen LogP contribution < -0.4 is 0 Å². The molecule has 1 atom stereocenters. The van der Waals surface area contributed by atoms with Gasteiger partial charge in [0.05, 0.1) is 0 Å². The summed E-state index contributed by atoms with van der Waals surface area (Å²) in [5.74, 6) is 0. The van der Waals surface area contributed by atoms with Crippen LogP contribution in [0.25, 0.3) is 0 Å². The van der Waals surface area contributed by atoms with Crippen molar-refractivity contribution in [3.05, 3.63) is 0 Å². The lowest BCUT2D eigenvalue weighted by Gasteiger charge is -2.34. The van der Waals surface area contributed by atoms with E-state index in [1.165, 1.54) is 0 Å². The molecular formula is C8H15NO. The Labute approximate surface area is 62.2 Å². The molecule has 0 aromatic heterocycles. The Morgan fingerprint density at radius 2 is 2.30 bits per heavy atom. The van der Waals surface area contributed by atoms with Gasteiger partial charge in [0.1, 0.15) is 6.29 Å². The summed E-state index contributed by atoms with van der Waals surface area (Å²) in [4.78, 5) is 12.8. The standard InChI is InChI=1S/C8H15NO/c1-8(7-10)4-3-5-9(2)6-8/h7H,3-6H2,1-2H3. The highest BCUT2D eigenvalue weighted by atomic mass is 16.1. The summed E-state index contributed by atoms with van der Waals surface area (Å²) in [7, 11) is 2.07. The highest BCUT2D eigenvalue weighted by molar-refractivity contribution is 5.59. The number of likely N-dealkylation sites (tertiary alicyclic amines) is 1. The van der Waals surface area contributed by atoms with Crippen molar-refractivity contribution in [2.75, 3.05) is 20.1 Å². The van der Waals surface area contributed by atoms with E-state index in [9.17, 15) is 4.79 Å². The number of rotatable bonds is 1. The molecule has 1 saturated heterocycles. The van der Waals surface area contributed by atoms with Crippen molar-refractivity contribution in [2.24, 2.45) is 5.41 Å². The van der Waals surface area contributed by atoms with Gasteiger partial charge >= 0.3 is 0 Å². The average Bonchev–Trinajstić information content (AvgIpc) is 1.88. The van der Waals surface area contributed by atoms with E-state index in [0.717, 1.165) is 32.2 Å². The Kier molecular flexibility index (Phi) is 2.09. The van der Waals surface area contributed by atoms with Gasteiger partial charge in [-0.2, -0.15) is 0 Å². The molecule has 1 aliphatic heterocycles. The molecule has 2 nitrogen and oxygen atoms in total. The predicted octanol–water partition coefficient (Wildman–Crippen LogP) is 0.917. The van der Waals surface area contributed by atoms with Crippen LogP contribution in [0.15, 0.2) is 0 Å². The second-order valence-corrected chi connectivity index (χ2v) is 3.61. The van der Waals surface area contributed by atoms with Crippen molar-refractivity contribution >= 4 is 6.29 Å². The maximum absolute atomic E-state index is 10.6. The van der Waals surface area contributed by atoms with Gasteiger partial charge in [-0.3, -0.25) is 0 Å². The third-order valence-electron chi connectivity index (χ3n) is 2.20. The minimum Gasteiger partial charge on any atom is -0.305 e. The second-order valence-electron chi connectivity index (χ2n) is 3.61. The third kappa shape index (κ3) is 1.57. The Morgan fingerprint density at radius 1 is 1.60 bits per heavy atom. The van der Waals surface area contributed by atoms with Gasteiger partial charge in [-0.15, -0.1) is 0 Å². The fourth-order valence-electron chi connectivity index (χ4n) is 1.62. The average molecular weight is 141 g/mol. The topological polar surface area (TPSA) is 20.3 Å². The number of piperidine rings is 1. The number of hydrogen-bond donors (Lipinski definition) is 0. The zero-order valence-corrected chi connectivity index (χ0v) is 6.76. The van der Waals surface area contributed by atoms with Crippen LogP contribution in [0, 0.1) is 5.41 Å². The molecule has 0 N–H and O–H groups in total. The van der Waals surface area contributed by atoms with E-state index in [4.69, 9.17) is 0 Å². The van der Waals surface area contributed by atoms with Crippen LogP contribution in [0.5, 0.6) is 0 Å². The Bertz CT molecular complexity index is 135. The van der Waals surface area contributed by atoms with Gasteiger partial charge in [0.15, 0.2) is 0 Å². The molecule has 0 spiro atoms. The lowest BCUT2D eigenvalue weighted by molar-refractivity contribution is -0.117. The van der Waals surface area contributed by atoms with Crippen LogP contribution in [-0.4, -0.2) is 31.3 Å². The fraction of sp³-hybridized carbons (Fsp3) is 0.875. The van der Waals surface area contributed by atoms with Crippen molar-refractivity contribution < 1.29 is 4.79 Å². The number of hydrogen-bond acceptors (Lipinski definition) is 2. The predicted molar refractivity (Wildman–Crippen MR) is 40.9 cm³/mol.